The van der Waals surface area contributed by atoms with E-state index >= 15 is 0 Å². The van der Waals surface area contributed by atoms with Gasteiger partial charge in [0.2, 0.25) is 5.82 Å². The van der Waals surface area contributed by atoms with Gasteiger partial charge in [0.15, 0.2) is 23.3 Å². The molecule has 164 valence electrons. The molecule has 1 amide bonds. The van der Waals surface area contributed by atoms with Crippen molar-refractivity contribution in [1.29, 1.82) is 0 Å². The highest BCUT2D eigenvalue weighted by molar-refractivity contribution is 6.71. The van der Waals surface area contributed by atoms with Gasteiger partial charge in [-0.3, -0.25) is 4.79 Å². The Morgan fingerprint density at radius 2 is 1.55 bits per heavy atom. The van der Waals surface area contributed by atoms with Gasteiger partial charge in [0.05, 0.1) is 6.04 Å². The van der Waals surface area contributed by atoms with Crippen LogP contribution in [0.3, 0.4) is 0 Å². The fourth-order valence-corrected chi connectivity index (χ4v) is 8.29. The number of benzene rings is 1. The summed E-state index contributed by atoms with van der Waals surface area (Å²) in [4.78, 5) is 12.6. The molecule has 5 nitrogen and oxygen atoms in total. The monoisotopic (exact) mass is 441 g/mol. The third-order valence-corrected chi connectivity index (χ3v) is 10.0. The number of rotatable bonds is 7. The minimum atomic E-state index is -3.05. The molecule has 0 bridgehead atoms. The standard InChI is InChI=1S/C18H24F5NO4Si/c1-5-8-18(26-2)10(7-6-9-29(18,27-3)28-4)24-17(25)11-12(19)14(21)16(23)15(22)13(11)20/h10H,5-9H2,1-4H3,(H,24,25). The summed E-state index contributed by atoms with van der Waals surface area (Å²) in [6.45, 7) is 1.88. The maximum absolute atomic E-state index is 14.1. The zero-order valence-electron chi connectivity index (χ0n) is 16.6. The predicted octanol–water partition coefficient (Wildman–Crippen LogP) is 3.73. The number of carbonyl (C=O) groups excluding carboxylic acids is 1. The van der Waals surface area contributed by atoms with E-state index in [0.29, 0.717) is 31.7 Å². The Morgan fingerprint density at radius 1 is 1.03 bits per heavy atom. The van der Waals surface area contributed by atoms with Crippen molar-refractivity contribution in [3.05, 3.63) is 34.6 Å². The van der Waals surface area contributed by atoms with Crippen LogP contribution in [-0.2, 0) is 13.6 Å². The largest absolute Gasteiger partial charge is 0.396 e. The summed E-state index contributed by atoms with van der Waals surface area (Å²) in [5, 5.41) is 1.31. The molecule has 0 aliphatic carbocycles. The van der Waals surface area contributed by atoms with Crippen LogP contribution in [0.15, 0.2) is 0 Å². The second-order valence-corrected chi connectivity index (χ2v) is 10.5. The van der Waals surface area contributed by atoms with Crippen LogP contribution in [-0.4, -0.2) is 47.1 Å². The van der Waals surface area contributed by atoms with Crippen LogP contribution in [0.1, 0.15) is 43.0 Å². The van der Waals surface area contributed by atoms with Gasteiger partial charge in [0.1, 0.15) is 10.8 Å². The summed E-state index contributed by atoms with van der Waals surface area (Å²) in [7, 11) is 1.29. The summed E-state index contributed by atoms with van der Waals surface area (Å²) in [5.74, 6) is -12.5. The molecule has 1 aliphatic heterocycles. The van der Waals surface area contributed by atoms with Crippen molar-refractivity contribution >= 4 is 14.5 Å². The van der Waals surface area contributed by atoms with Gasteiger partial charge < -0.3 is 18.9 Å². The number of halogens is 5. The van der Waals surface area contributed by atoms with Gasteiger partial charge >= 0.3 is 8.56 Å². The number of hydrogen-bond acceptors (Lipinski definition) is 4. The lowest BCUT2D eigenvalue weighted by Crippen LogP contribution is -2.73. The van der Waals surface area contributed by atoms with E-state index < -0.39 is 60.4 Å². The summed E-state index contributed by atoms with van der Waals surface area (Å²) in [5.41, 5.74) is -1.53. The first-order valence-corrected chi connectivity index (χ1v) is 11.2. The molecule has 0 aromatic heterocycles. The Bertz CT molecular complexity index is 748. The van der Waals surface area contributed by atoms with Gasteiger partial charge in [-0.1, -0.05) is 13.3 Å². The molecule has 1 fully saturated rings. The maximum atomic E-state index is 14.1. The van der Waals surface area contributed by atoms with Gasteiger partial charge in [-0.2, -0.15) is 0 Å². The van der Waals surface area contributed by atoms with E-state index in [0.717, 1.165) is 0 Å². The molecule has 1 aliphatic rings. The van der Waals surface area contributed by atoms with Crippen molar-refractivity contribution in [3.63, 3.8) is 0 Å². The molecule has 1 heterocycles. The number of nitrogens with one attached hydrogen (secondary N) is 1. The van der Waals surface area contributed by atoms with Crippen LogP contribution < -0.4 is 5.32 Å². The van der Waals surface area contributed by atoms with Gasteiger partial charge in [-0.15, -0.1) is 0 Å². The maximum Gasteiger partial charge on any atom is 0.372 e. The van der Waals surface area contributed by atoms with E-state index in [1.54, 1.807) is 0 Å². The lowest BCUT2D eigenvalue weighted by molar-refractivity contribution is -0.0356. The smallest absolute Gasteiger partial charge is 0.372 e. The average Bonchev–Trinajstić information content (AvgIpc) is 2.72. The molecule has 2 unspecified atom stereocenters. The highest BCUT2D eigenvalue weighted by Gasteiger charge is 2.63. The number of ether oxygens (including phenoxy) is 1. The highest BCUT2D eigenvalue weighted by Crippen LogP contribution is 2.43. The van der Waals surface area contributed by atoms with E-state index in [9.17, 15) is 26.7 Å². The molecule has 29 heavy (non-hydrogen) atoms. The summed E-state index contributed by atoms with van der Waals surface area (Å²) in [6.07, 6.45) is 1.94. The Hall–Kier alpha value is -1.56. The Morgan fingerprint density at radius 3 is 2.00 bits per heavy atom. The van der Waals surface area contributed by atoms with Crippen molar-refractivity contribution in [2.24, 2.45) is 0 Å². The number of carbonyl (C=O) groups is 1. The normalized spacial score (nSPS) is 23.8. The van der Waals surface area contributed by atoms with Crippen molar-refractivity contribution in [2.75, 3.05) is 21.3 Å². The first-order valence-electron chi connectivity index (χ1n) is 9.14. The van der Waals surface area contributed by atoms with Crippen molar-refractivity contribution in [2.45, 2.75) is 49.9 Å². The van der Waals surface area contributed by atoms with E-state index in [2.05, 4.69) is 5.32 Å². The van der Waals surface area contributed by atoms with E-state index in [-0.39, 0.29) is 0 Å². The zero-order valence-corrected chi connectivity index (χ0v) is 17.6. The predicted molar refractivity (Wildman–Crippen MR) is 95.9 cm³/mol. The quantitative estimate of drug-likeness (QED) is 0.303. The first-order chi connectivity index (χ1) is 13.7. The van der Waals surface area contributed by atoms with Gasteiger partial charge in [0.25, 0.3) is 5.91 Å². The van der Waals surface area contributed by atoms with E-state index in [1.807, 2.05) is 6.92 Å². The van der Waals surface area contributed by atoms with E-state index in [1.165, 1.54) is 21.3 Å². The topological polar surface area (TPSA) is 56.8 Å². The van der Waals surface area contributed by atoms with Gasteiger partial charge in [-0.05, 0) is 25.3 Å². The summed E-state index contributed by atoms with van der Waals surface area (Å²) < 4.78 is 85.7. The number of methoxy groups -OCH3 is 1. The molecule has 0 spiro atoms. The van der Waals surface area contributed by atoms with Crippen LogP contribution in [0, 0.1) is 29.1 Å². The molecule has 11 heteroatoms. The van der Waals surface area contributed by atoms with Gasteiger partial charge in [0, 0.05) is 21.3 Å². The number of amides is 1. The molecule has 0 radical (unpaired) electrons. The van der Waals surface area contributed by atoms with Crippen molar-refractivity contribution < 1.29 is 40.3 Å². The lowest BCUT2D eigenvalue weighted by atomic mass is 9.98. The van der Waals surface area contributed by atoms with E-state index in [4.69, 9.17) is 13.6 Å². The summed E-state index contributed by atoms with van der Waals surface area (Å²) >= 11 is 0. The Balaban J connectivity index is 2.50. The Labute approximate surface area is 166 Å². The van der Waals surface area contributed by atoms with Crippen molar-refractivity contribution in [3.8, 4) is 0 Å². The molecule has 1 N–H and O–H groups in total. The second kappa shape index (κ2) is 9.07. The highest BCUT2D eigenvalue weighted by atomic mass is 28.4. The third kappa shape index (κ3) is 3.69. The summed E-state index contributed by atoms with van der Waals surface area (Å²) in [6, 6.07) is -0.252. The van der Waals surface area contributed by atoms with Crippen LogP contribution in [0.4, 0.5) is 22.0 Å². The third-order valence-electron chi connectivity index (χ3n) is 5.59. The van der Waals surface area contributed by atoms with Crippen LogP contribution in [0.2, 0.25) is 6.04 Å². The zero-order chi connectivity index (χ0) is 22.0. The fourth-order valence-electron chi connectivity index (χ4n) is 4.24. The van der Waals surface area contributed by atoms with Gasteiger partial charge in [-0.25, -0.2) is 22.0 Å². The molecular formula is C18H24F5NO4Si. The minimum absolute atomic E-state index is 0.358. The molecule has 0 saturated carbocycles. The van der Waals surface area contributed by atoms with Crippen molar-refractivity contribution in [1.82, 2.24) is 5.32 Å². The SMILES string of the molecule is CCCC1(OC)C(NC(=O)c2c(F)c(F)c(F)c(F)c2F)CCC[Si]1(OC)OC. The fraction of sp³-hybridized carbons (Fsp3) is 0.611. The number of hydrogen-bond donors (Lipinski definition) is 1. The molecule has 2 rings (SSSR count). The molecule has 1 saturated heterocycles. The molecule has 1 aromatic carbocycles. The minimum Gasteiger partial charge on any atom is -0.396 e. The molecule has 1 aromatic rings. The molecular weight excluding hydrogens is 417 g/mol. The van der Waals surface area contributed by atoms with Crippen LogP contribution >= 0.6 is 0 Å². The molecule has 2 atom stereocenters. The second-order valence-electron chi connectivity index (χ2n) is 6.87. The Kier molecular flexibility index (Phi) is 7.41. The van der Waals surface area contributed by atoms with Crippen LogP contribution in [0.25, 0.3) is 0 Å². The lowest BCUT2D eigenvalue weighted by Gasteiger charge is -2.52. The van der Waals surface area contributed by atoms with Crippen LogP contribution in [0.5, 0.6) is 0 Å². The average molecular weight is 441 g/mol. The first kappa shape index (κ1) is 23.7.